The molecule has 0 aliphatic carbocycles. The van der Waals surface area contributed by atoms with Crippen LogP contribution in [0.15, 0.2) is 35.3 Å². The average molecular weight is 442 g/mol. The monoisotopic (exact) mass is 442 g/mol. The second-order valence-electron chi connectivity index (χ2n) is 5.98. The Kier molecular flexibility index (Phi) is 8.30. The van der Waals surface area contributed by atoms with Crippen molar-refractivity contribution in [3.63, 3.8) is 0 Å². The summed E-state index contributed by atoms with van der Waals surface area (Å²) in [7, 11) is 1.55. The van der Waals surface area contributed by atoms with E-state index in [0.717, 1.165) is 11.4 Å². The van der Waals surface area contributed by atoms with Gasteiger partial charge in [-0.05, 0) is 44.3 Å². The summed E-state index contributed by atoms with van der Waals surface area (Å²) in [6, 6.07) is 7.12. The number of benzene rings is 1. The van der Waals surface area contributed by atoms with Crippen LogP contribution in [0.3, 0.4) is 0 Å². The topological polar surface area (TPSA) is 92.7 Å². The van der Waals surface area contributed by atoms with Crippen molar-refractivity contribution in [3.8, 4) is 5.75 Å². The molecule has 0 bridgehead atoms. The van der Waals surface area contributed by atoms with E-state index in [1.54, 1.807) is 13.2 Å². The molecule has 0 saturated heterocycles. The first-order chi connectivity index (χ1) is 14.1. The van der Waals surface area contributed by atoms with Crippen molar-refractivity contribution in [2.75, 3.05) is 30.9 Å². The number of aromatic nitrogens is 2. The Bertz CT molecular complexity index is 887. The van der Waals surface area contributed by atoms with Gasteiger partial charge < -0.3 is 20.1 Å². The molecular formula is C18H21F3N6O2S. The summed E-state index contributed by atoms with van der Waals surface area (Å²) < 4.78 is 46.1. The third kappa shape index (κ3) is 8.57. The van der Waals surface area contributed by atoms with Gasteiger partial charge in [0.25, 0.3) is 0 Å². The van der Waals surface area contributed by atoms with Crippen molar-refractivity contribution in [3.05, 3.63) is 41.7 Å². The van der Waals surface area contributed by atoms with Gasteiger partial charge in [-0.1, -0.05) is 6.07 Å². The summed E-state index contributed by atoms with van der Waals surface area (Å²) in [5.41, 5.74) is 1.83. The van der Waals surface area contributed by atoms with Gasteiger partial charge in [0.1, 0.15) is 5.75 Å². The number of guanidine groups is 1. The second-order valence-corrected chi connectivity index (χ2v) is 6.39. The maximum Gasteiger partial charge on any atom is 0.573 e. The minimum atomic E-state index is -4.78. The Balaban J connectivity index is 2.08. The largest absolute Gasteiger partial charge is 0.573 e. The Morgan fingerprint density at radius 2 is 1.83 bits per heavy atom. The van der Waals surface area contributed by atoms with Gasteiger partial charge in [0.2, 0.25) is 11.9 Å². The first kappa shape index (κ1) is 23.3. The van der Waals surface area contributed by atoms with Gasteiger partial charge in [0.05, 0.1) is 13.2 Å². The highest BCUT2D eigenvalue weighted by atomic mass is 32.1. The number of alkyl halides is 3. The van der Waals surface area contributed by atoms with Gasteiger partial charge in [0, 0.05) is 30.3 Å². The first-order valence-corrected chi connectivity index (χ1v) is 9.12. The highest BCUT2D eigenvalue weighted by molar-refractivity contribution is 7.80. The van der Waals surface area contributed by atoms with Crippen molar-refractivity contribution in [1.29, 1.82) is 0 Å². The van der Waals surface area contributed by atoms with E-state index in [-0.39, 0.29) is 16.8 Å². The molecule has 1 heterocycles. The number of thiocarbonyl (C=S) groups is 1. The van der Waals surface area contributed by atoms with E-state index in [4.69, 9.17) is 17.0 Å². The summed E-state index contributed by atoms with van der Waals surface area (Å²) in [5.74, 6) is 0.197. The van der Waals surface area contributed by atoms with Crippen molar-refractivity contribution >= 4 is 34.9 Å². The molecule has 2 rings (SSSR count). The molecule has 0 aliphatic heterocycles. The van der Waals surface area contributed by atoms with E-state index in [0.29, 0.717) is 24.8 Å². The fraction of sp³-hybridized carbons (Fsp3) is 0.333. The van der Waals surface area contributed by atoms with Gasteiger partial charge >= 0.3 is 6.36 Å². The predicted octanol–water partition coefficient (Wildman–Crippen LogP) is 3.39. The molecule has 1 aromatic carbocycles. The molecule has 0 unspecified atom stereocenters. The van der Waals surface area contributed by atoms with E-state index in [1.165, 1.54) is 18.2 Å². The van der Waals surface area contributed by atoms with Crippen LogP contribution in [0.4, 0.5) is 24.8 Å². The Labute approximate surface area is 176 Å². The van der Waals surface area contributed by atoms with E-state index >= 15 is 0 Å². The lowest BCUT2D eigenvalue weighted by molar-refractivity contribution is -0.274. The number of nitrogens with one attached hydrogen (secondary N) is 3. The van der Waals surface area contributed by atoms with Crippen LogP contribution in [0.2, 0.25) is 0 Å². The van der Waals surface area contributed by atoms with Gasteiger partial charge in [0.15, 0.2) is 5.11 Å². The quantitative estimate of drug-likeness (QED) is 0.271. The number of nitrogens with zero attached hydrogens (tertiary/aromatic N) is 3. The van der Waals surface area contributed by atoms with E-state index in [9.17, 15) is 13.2 Å². The zero-order valence-electron chi connectivity index (χ0n) is 16.5. The minimum Gasteiger partial charge on any atom is -0.406 e. The summed E-state index contributed by atoms with van der Waals surface area (Å²) in [6.45, 7) is 4.36. The third-order valence-electron chi connectivity index (χ3n) is 3.34. The van der Waals surface area contributed by atoms with Crippen LogP contribution in [0.5, 0.6) is 5.75 Å². The number of aliphatic imine (C=N–C) groups is 1. The van der Waals surface area contributed by atoms with Crippen molar-refractivity contribution in [2.45, 2.75) is 20.2 Å². The number of anilines is 2. The van der Waals surface area contributed by atoms with Gasteiger partial charge in [-0.15, -0.1) is 13.2 Å². The average Bonchev–Trinajstić information content (AvgIpc) is 2.59. The Morgan fingerprint density at radius 3 is 2.47 bits per heavy atom. The molecule has 0 aliphatic rings. The van der Waals surface area contributed by atoms with Crippen LogP contribution in [0.1, 0.15) is 11.4 Å². The number of ether oxygens (including phenoxy) is 2. The molecule has 3 N–H and O–H groups in total. The van der Waals surface area contributed by atoms with E-state index < -0.39 is 6.36 Å². The Hall–Kier alpha value is -2.99. The van der Waals surface area contributed by atoms with Crippen LogP contribution < -0.4 is 20.7 Å². The van der Waals surface area contributed by atoms with Crippen LogP contribution in [-0.2, 0) is 4.74 Å². The van der Waals surface area contributed by atoms with Gasteiger partial charge in [-0.25, -0.2) is 9.97 Å². The van der Waals surface area contributed by atoms with Crippen molar-refractivity contribution in [1.82, 2.24) is 15.3 Å². The second kappa shape index (κ2) is 10.7. The molecule has 0 atom stereocenters. The molecule has 0 radical (unpaired) electrons. The summed E-state index contributed by atoms with van der Waals surface area (Å²) in [6.07, 6.45) is -4.78. The fourth-order valence-corrected chi connectivity index (χ4v) is 2.50. The number of rotatable bonds is 6. The van der Waals surface area contributed by atoms with Crippen LogP contribution >= 0.6 is 12.2 Å². The lowest BCUT2D eigenvalue weighted by Gasteiger charge is -2.15. The van der Waals surface area contributed by atoms with Crippen molar-refractivity contribution in [2.24, 2.45) is 4.99 Å². The summed E-state index contributed by atoms with van der Waals surface area (Å²) >= 11 is 5.23. The molecule has 8 nitrogen and oxygen atoms in total. The Morgan fingerprint density at radius 1 is 1.13 bits per heavy atom. The molecule has 0 amide bonds. The molecule has 0 spiro atoms. The highest BCUT2D eigenvalue weighted by Crippen LogP contribution is 2.24. The minimum absolute atomic E-state index is 0.0900. The zero-order chi connectivity index (χ0) is 22.1. The molecule has 12 heteroatoms. The predicted molar refractivity (Wildman–Crippen MR) is 112 cm³/mol. The van der Waals surface area contributed by atoms with E-state index in [1.807, 2.05) is 19.9 Å². The molecule has 2 aromatic rings. The van der Waals surface area contributed by atoms with Crippen molar-refractivity contribution < 1.29 is 22.6 Å². The molecule has 30 heavy (non-hydrogen) atoms. The zero-order valence-corrected chi connectivity index (χ0v) is 17.3. The number of hydrogen-bond acceptors (Lipinski definition) is 6. The third-order valence-corrected chi connectivity index (χ3v) is 3.54. The number of halogens is 3. The van der Waals surface area contributed by atoms with Gasteiger partial charge in [-0.2, -0.15) is 0 Å². The maximum atomic E-state index is 12.4. The van der Waals surface area contributed by atoms with E-state index in [2.05, 4.69) is 35.6 Å². The summed E-state index contributed by atoms with van der Waals surface area (Å²) in [4.78, 5) is 12.9. The SMILES string of the molecule is COCCN=C(NC(=S)Nc1cccc(OC(F)(F)F)c1)Nc1nc(C)cc(C)n1. The van der Waals surface area contributed by atoms with Crippen LogP contribution in [-0.4, -0.2) is 47.7 Å². The maximum absolute atomic E-state index is 12.4. The molecular weight excluding hydrogens is 421 g/mol. The molecule has 162 valence electrons. The number of methoxy groups -OCH3 is 1. The smallest absolute Gasteiger partial charge is 0.406 e. The highest BCUT2D eigenvalue weighted by Gasteiger charge is 2.31. The number of hydrogen-bond donors (Lipinski definition) is 3. The normalized spacial score (nSPS) is 11.7. The number of aryl methyl sites for hydroxylation is 2. The fourth-order valence-electron chi connectivity index (χ4n) is 2.29. The molecule has 0 fully saturated rings. The molecule has 0 saturated carbocycles. The standard InChI is InChI=1S/C18H21F3N6O2S/c1-11-9-12(2)24-16(23-11)26-15(22-7-8-28-3)27-17(30)25-13-5-4-6-14(10-13)29-18(19,20)21/h4-6,9-10H,7-8H2,1-3H3,(H3,22,23,24,25,26,27,30). The lowest BCUT2D eigenvalue weighted by atomic mass is 10.3. The van der Waals surface area contributed by atoms with Crippen LogP contribution in [0.25, 0.3) is 0 Å². The lowest BCUT2D eigenvalue weighted by Crippen LogP contribution is -2.39. The van der Waals surface area contributed by atoms with Gasteiger partial charge in [-0.3, -0.25) is 10.3 Å². The molecule has 1 aromatic heterocycles. The summed E-state index contributed by atoms with van der Waals surface area (Å²) in [5, 5.41) is 8.65. The van der Waals surface area contributed by atoms with Crippen LogP contribution in [0, 0.1) is 13.8 Å². The first-order valence-electron chi connectivity index (χ1n) is 8.71.